The zero-order valence-corrected chi connectivity index (χ0v) is 28.0. The van der Waals surface area contributed by atoms with E-state index in [1.54, 1.807) is 12.1 Å². The second kappa shape index (κ2) is 12.6. The first-order chi connectivity index (χ1) is 24.7. The van der Waals surface area contributed by atoms with Gasteiger partial charge in [0.25, 0.3) is 0 Å². The maximum atomic E-state index is 10.6. The second-order valence-electron chi connectivity index (χ2n) is 12.3. The summed E-state index contributed by atoms with van der Waals surface area (Å²) in [5.74, 6) is 0. The fourth-order valence-electron chi connectivity index (χ4n) is 7.50. The maximum Gasteiger partial charge on any atom is 0.179 e. The Bertz CT molecular complexity index is 2510. The molecule has 8 rings (SSSR count). The van der Waals surface area contributed by atoms with Crippen LogP contribution < -0.4 is 20.7 Å². The summed E-state index contributed by atoms with van der Waals surface area (Å²) in [6, 6.07) is 65.4. The van der Waals surface area contributed by atoms with Gasteiger partial charge in [0, 0.05) is 16.3 Å². The van der Waals surface area contributed by atoms with Crippen molar-refractivity contribution < 1.29 is 0 Å². The number of rotatable bonds is 6. The van der Waals surface area contributed by atoms with Crippen molar-refractivity contribution in [3.8, 4) is 35.0 Å². The highest BCUT2D eigenvalue weighted by molar-refractivity contribution is 7.19. The molecule has 0 saturated heterocycles. The van der Waals surface area contributed by atoms with E-state index >= 15 is 0 Å². The molecule has 0 bridgehead atoms. The lowest BCUT2D eigenvalue weighted by atomic mass is 9.99. The van der Waals surface area contributed by atoms with Crippen molar-refractivity contribution in [2.75, 3.05) is 0 Å². The molecule has 0 N–H and O–H groups in total. The quantitative estimate of drug-likeness (QED) is 0.138. The van der Waals surface area contributed by atoms with Crippen molar-refractivity contribution in [2.24, 2.45) is 0 Å². The van der Waals surface area contributed by atoms with Gasteiger partial charge in [-0.25, -0.2) is 0 Å². The maximum absolute atomic E-state index is 10.6. The molecule has 0 radical (unpaired) electrons. The Balaban J connectivity index is 1.45. The molecule has 7 aromatic carbocycles. The van der Waals surface area contributed by atoms with Crippen LogP contribution in [0, 0.1) is 34.0 Å². The minimum absolute atomic E-state index is 0.526. The van der Waals surface area contributed by atoms with E-state index < -0.39 is 8.07 Å². The second-order valence-corrected chi connectivity index (χ2v) is 16.1. The molecular formula is C45H28N4Si. The van der Waals surface area contributed by atoms with Crippen LogP contribution in [0.4, 0.5) is 0 Å². The van der Waals surface area contributed by atoms with Crippen molar-refractivity contribution in [1.29, 1.82) is 15.8 Å². The van der Waals surface area contributed by atoms with Crippen LogP contribution in [0.5, 0.6) is 0 Å². The molecule has 0 spiro atoms. The van der Waals surface area contributed by atoms with E-state index in [1.165, 1.54) is 20.7 Å². The van der Waals surface area contributed by atoms with Crippen molar-refractivity contribution in [2.45, 2.75) is 0 Å². The summed E-state index contributed by atoms with van der Waals surface area (Å²) in [5.41, 5.74) is 5.97. The SMILES string of the molecule is N#Cc1ccc2c(c1)c1cc(C#N)ccc1n2-c1c(C#N)cccc1-c1cccc([Si](c2ccccc2)(c2ccccc2)c2ccccc2)c1. The molecule has 8 aromatic rings. The Morgan fingerprint density at radius 1 is 0.420 bits per heavy atom. The monoisotopic (exact) mass is 652 g/mol. The Labute approximate surface area is 291 Å². The first-order valence-corrected chi connectivity index (χ1v) is 18.4. The van der Waals surface area contributed by atoms with Crippen LogP contribution >= 0.6 is 0 Å². The van der Waals surface area contributed by atoms with Gasteiger partial charge in [0.15, 0.2) is 8.07 Å². The van der Waals surface area contributed by atoms with Crippen LogP contribution in [0.3, 0.4) is 0 Å². The topological polar surface area (TPSA) is 76.3 Å². The van der Waals surface area contributed by atoms with Gasteiger partial charge in [0.2, 0.25) is 0 Å². The Kier molecular flexibility index (Phi) is 7.63. The minimum Gasteiger partial charge on any atom is -0.307 e. The first kappa shape index (κ1) is 30.4. The number of hydrogen-bond acceptors (Lipinski definition) is 3. The fraction of sp³-hybridized carbons (Fsp3) is 0. The highest BCUT2D eigenvalue weighted by Gasteiger charge is 2.41. The predicted octanol–water partition coefficient (Wildman–Crippen LogP) is 7.44. The number of nitriles is 3. The van der Waals surface area contributed by atoms with Gasteiger partial charge in [0.05, 0.1) is 45.5 Å². The van der Waals surface area contributed by atoms with Crippen molar-refractivity contribution in [1.82, 2.24) is 4.57 Å². The van der Waals surface area contributed by atoms with Gasteiger partial charge in [0.1, 0.15) is 6.07 Å². The minimum atomic E-state index is -2.81. The number of fused-ring (bicyclic) bond motifs is 3. The molecule has 50 heavy (non-hydrogen) atoms. The van der Waals surface area contributed by atoms with Gasteiger partial charge >= 0.3 is 0 Å². The first-order valence-electron chi connectivity index (χ1n) is 16.4. The molecule has 0 unspecified atom stereocenters. The summed E-state index contributed by atoms with van der Waals surface area (Å²) in [6.45, 7) is 0. The van der Waals surface area contributed by atoms with E-state index in [1.807, 2.05) is 36.4 Å². The molecule has 1 heterocycles. The van der Waals surface area contributed by atoms with E-state index in [9.17, 15) is 15.8 Å². The average Bonchev–Trinajstić information content (AvgIpc) is 3.51. The molecule has 0 saturated carbocycles. The normalized spacial score (nSPS) is 11.1. The lowest BCUT2D eigenvalue weighted by Gasteiger charge is -2.34. The van der Waals surface area contributed by atoms with Crippen LogP contribution in [0.15, 0.2) is 170 Å². The number of hydrogen-bond donors (Lipinski definition) is 0. The molecule has 0 aliphatic rings. The van der Waals surface area contributed by atoms with E-state index in [0.717, 1.165) is 38.6 Å². The molecular weight excluding hydrogens is 625 g/mol. The van der Waals surface area contributed by atoms with Crippen LogP contribution in [-0.2, 0) is 0 Å². The molecule has 0 aliphatic carbocycles. The smallest absolute Gasteiger partial charge is 0.179 e. The van der Waals surface area contributed by atoms with Crippen molar-refractivity contribution >= 4 is 50.6 Å². The molecule has 4 nitrogen and oxygen atoms in total. The van der Waals surface area contributed by atoms with Gasteiger partial charge < -0.3 is 4.57 Å². The van der Waals surface area contributed by atoms with Gasteiger partial charge in [-0.15, -0.1) is 0 Å². The van der Waals surface area contributed by atoms with Crippen LogP contribution in [0.25, 0.3) is 38.6 Å². The lowest BCUT2D eigenvalue weighted by molar-refractivity contribution is 1.17. The third-order valence-corrected chi connectivity index (χ3v) is 14.4. The lowest BCUT2D eigenvalue weighted by Crippen LogP contribution is -2.74. The summed E-state index contributed by atoms with van der Waals surface area (Å²) in [6.07, 6.45) is 0. The summed E-state index contributed by atoms with van der Waals surface area (Å²) in [5, 5.41) is 36.9. The molecule has 5 heteroatoms. The number of nitrogens with zero attached hydrogens (tertiary/aromatic N) is 4. The summed E-state index contributed by atoms with van der Waals surface area (Å²) in [7, 11) is -2.81. The van der Waals surface area contributed by atoms with Gasteiger partial charge in [-0.2, -0.15) is 15.8 Å². The number of benzene rings is 7. The van der Waals surface area contributed by atoms with Gasteiger partial charge in [-0.05, 0) is 68.8 Å². The molecule has 0 amide bonds. The number of aromatic nitrogens is 1. The highest BCUT2D eigenvalue weighted by atomic mass is 28.3. The largest absolute Gasteiger partial charge is 0.307 e. The zero-order valence-electron chi connectivity index (χ0n) is 27.0. The van der Waals surface area contributed by atoms with Gasteiger partial charge in [-0.3, -0.25) is 0 Å². The average molecular weight is 653 g/mol. The van der Waals surface area contributed by atoms with Crippen molar-refractivity contribution in [3.63, 3.8) is 0 Å². The van der Waals surface area contributed by atoms with E-state index in [0.29, 0.717) is 16.7 Å². The standard InChI is InChI=1S/C45H28N4Si/c46-29-32-22-24-43-41(26-32)42-27-33(30-47)23-25-44(42)49(43)45-35(31-48)13-11-21-40(45)34-12-10-20-39(28-34)50(36-14-4-1-5-15-36,37-16-6-2-7-17-37)38-18-8-3-9-19-38/h1-28H. The van der Waals surface area contributed by atoms with Crippen molar-refractivity contribution in [3.05, 3.63) is 187 Å². The van der Waals surface area contributed by atoms with Crippen LogP contribution in [0.1, 0.15) is 16.7 Å². The Morgan fingerprint density at radius 2 is 0.900 bits per heavy atom. The van der Waals surface area contributed by atoms with Crippen LogP contribution in [-0.4, -0.2) is 12.6 Å². The number of para-hydroxylation sites is 1. The Morgan fingerprint density at radius 3 is 1.38 bits per heavy atom. The predicted molar refractivity (Wildman–Crippen MR) is 204 cm³/mol. The molecule has 1 aromatic heterocycles. The molecule has 0 fully saturated rings. The van der Waals surface area contributed by atoms with E-state index in [2.05, 4.69) is 144 Å². The Hall–Kier alpha value is -6.97. The van der Waals surface area contributed by atoms with Crippen LogP contribution in [0.2, 0.25) is 0 Å². The van der Waals surface area contributed by atoms with E-state index in [4.69, 9.17) is 0 Å². The fourth-order valence-corrected chi connectivity index (χ4v) is 12.3. The summed E-state index contributed by atoms with van der Waals surface area (Å²) in [4.78, 5) is 0. The summed E-state index contributed by atoms with van der Waals surface area (Å²) < 4.78 is 2.11. The van der Waals surface area contributed by atoms with E-state index in [-0.39, 0.29) is 0 Å². The molecule has 0 atom stereocenters. The highest BCUT2D eigenvalue weighted by Crippen LogP contribution is 2.38. The molecule has 232 valence electrons. The third kappa shape index (κ3) is 4.80. The van der Waals surface area contributed by atoms with Gasteiger partial charge in [-0.1, -0.05) is 127 Å². The summed E-state index contributed by atoms with van der Waals surface area (Å²) >= 11 is 0. The third-order valence-electron chi connectivity index (χ3n) is 9.63. The zero-order chi connectivity index (χ0) is 34.1. The molecule has 0 aliphatic heterocycles.